The second kappa shape index (κ2) is 7.08. The molecule has 0 radical (unpaired) electrons. The maximum Gasteiger partial charge on any atom is 0.335 e. The molecule has 2 aromatic rings. The maximum atomic E-state index is 11.9. The van der Waals surface area contributed by atoms with E-state index in [4.69, 9.17) is 4.74 Å². The Hall–Kier alpha value is -2.35. The van der Waals surface area contributed by atoms with Crippen LogP contribution in [0.5, 0.6) is 5.75 Å². The van der Waals surface area contributed by atoms with Crippen LogP contribution in [0, 0.1) is 12.3 Å². The van der Waals surface area contributed by atoms with Gasteiger partial charge in [0.15, 0.2) is 0 Å². The van der Waals surface area contributed by atoms with Gasteiger partial charge >= 0.3 is 5.97 Å². The van der Waals surface area contributed by atoms with Gasteiger partial charge in [0.1, 0.15) is 5.75 Å². The molecule has 114 valence electrons. The predicted molar refractivity (Wildman–Crippen MR) is 89.9 cm³/mol. The van der Waals surface area contributed by atoms with Crippen LogP contribution in [0.25, 0.3) is 0 Å². The Balaban J connectivity index is 1.96. The Labute approximate surface area is 132 Å². The van der Waals surface area contributed by atoms with Crippen molar-refractivity contribution in [3.8, 4) is 5.75 Å². The molecule has 2 heteroatoms. The van der Waals surface area contributed by atoms with Crippen molar-refractivity contribution in [3.63, 3.8) is 0 Å². The first-order valence-corrected chi connectivity index (χ1v) is 7.46. The number of benzene rings is 2. The molecule has 0 saturated carbocycles. The lowest BCUT2D eigenvalue weighted by atomic mass is 9.85. The third kappa shape index (κ3) is 5.21. The summed E-state index contributed by atoms with van der Waals surface area (Å²) < 4.78 is 5.32. The summed E-state index contributed by atoms with van der Waals surface area (Å²) in [4.78, 5) is 11.9. The van der Waals surface area contributed by atoms with Crippen molar-refractivity contribution in [2.24, 2.45) is 5.41 Å². The lowest BCUT2D eigenvalue weighted by molar-refractivity contribution is -0.129. The Kier molecular flexibility index (Phi) is 5.16. The van der Waals surface area contributed by atoms with Gasteiger partial charge in [0.25, 0.3) is 0 Å². The van der Waals surface area contributed by atoms with Gasteiger partial charge in [-0.2, -0.15) is 0 Å². The molecule has 0 heterocycles. The molecule has 0 aliphatic heterocycles. The van der Waals surface area contributed by atoms with Crippen LogP contribution in [0.2, 0.25) is 0 Å². The summed E-state index contributed by atoms with van der Waals surface area (Å²) in [6.07, 6.45) is 4.31. The molecule has 0 aromatic heterocycles. The molecule has 22 heavy (non-hydrogen) atoms. The Morgan fingerprint density at radius 1 is 1.09 bits per heavy atom. The number of carbonyl (C=O) groups is 1. The van der Waals surface area contributed by atoms with Crippen LogP contribution < -0.4 is 4.74 Å². The molecule has 0 aliphatic carbocycles. The maximum absolute atomic E-state index is 11.9. The van der Waals surface area contributed by atoms with Gasteiger partial charge in [0.05, 0.1) is 0 Å². The van der Waals surface area contributed by atoms with Crippen molar-refractivity contribution >= 4 is 5.97 Å². The van der Waals surface area contributed by atoms with Gasteiger partial charge in [-0.25, -0.2) is 4.79 Å². The highest BCUT2D eigenvalue weighted by molar-refractivity contribution is 5.84. The van der Waals surface area contributed by atoms with Crippen molar-refractivity contribution in [1.29, 1.82) is 0 Å². The van der Waals surface area contributed by atoms with Crippen LogP contribution in [-0.4, -0.2) is 5.97 Å². The average molecular weight is 294 g/mol. The van der Waals surface area contributed by atoms with E-state index in [1.165, 1.54) is 11.6 Å². The van der Waals surface area contributed by atoms with Gasteiger partial charge in [-0.1, -0.05) is 62.4 Å². The zero-order valence-electron chi connectivity index (χ0n) is 13.4. The van der Waals surface area contributed by atoms with Gasteiger partial charge in [-0.15, -0.1) is 0 Å². The van der Waals surface area contributed by atoms with Crippen LogP contribution in [0.15, 0.2) is 66.7 Å². The number of allylic oxidation sites excluding steroid dienone is 1. The number of rotatable bonds is 5. The number of esters is 1. The standard InChI is InChI=1S/C20H22O2/c1-16-8-7-11-18(14-16)22-19(21)12-13-20(2,3)15-17-9-5-4-6-10-17/h4-14H,15H2,1-3H3. The normalized spacial score (nSPS) is 11.6. The molecule has 2 aromatic carbocycles. The largest absolute Gasteiger partial charge is 0.423 e. The van der Waals surface area contributed by atoms with Crippen LogP contribution in [0.1, 0.15) is 25.0 Å². The zero-order valence-corrected chi connectivity index (χ0v) is 13.4. The van der Waals surface area contributed by atoms with Crippen LogP contribution in [0.3, 0.4) is 0 Å². The molecule has 0 unspecified atom stereocenters. The lowest BCUT2D eigenvalue weighted by Gasteiger charge is -2.20. The van der Waals surface area contributed by atoms with E-state index < -0.39 is 0 Å². The highest BCUT2D eigenvalue weighted by Gasteiger charge is 2.15. The van der Waals surface area contributed by atoms with E-state index in [9.17, 15) is 4.79 Å². The van der Waals surface area contributed by atoms with Crippen molar-refractivity contribution in [2.75, 3.05) is 0 Å². The van der Waals surface area contributed by atoms with Gasteiger partial charge in [-0.05, 0) is 42.0 Å². The molecular weight excluding hydrogens is 272 g/mol. The van der Waals surface area contributed by atoms with Gasteiger partial charge in [-0.3, -0.25) is 0 Å². The molecule has 0 N–H and O–H groups in total. The predicted octanol–water partition coefficient (Wildman–Crippen LogP) is 4.73. The Morgan fingerprint density at radius 3 is 2.50 bits per heavy atom. The van der Waals surface area contributed by atoms with Crippen LogP contribution >= 0.6 is 0 Å². The van der Waals surface area contributed by atoms with E-state index in [1.54, 1.807) is 6.07 Å². The van der Waals surface area contributed by atoms with Crippen molar-refractivity contribution in [2.45, 2.75) is 27.2 Å². The Bertz CT molecular complexity index is 654. The smallest absolute Gasteiger partial charge is 0.335 e. The number of ether oxygens (including phenoxy) is 1. The molecule has 0 bridgehead atoms. The van der Waals surface area contributed by atoms with Crippen LogP contribution in [0.4, 0.5) is 0 Å². The summed E-state index contributed by atoms with van der Waals surface area (Å²) in [5, 5.41) is 0. The van der Waals surface area contributed by atoms with E-state index in [0.717, 1.165) is 12.0 Å². The molecular formula is C20H22O2. The van der Waals surface area contributed by atoms with Crippen molar-refractivity contribution < 1.29 is 9.53 Å². The van der Waals surface area contributed by atoms with E-state index in [0.29, 0.717) is 5.75 Å². The summed E-state index contributed by atoms with van der Waals surface area (Å²) in [7, 11) is 0. The van der Waals surface area contributed by atoms with E-state index in [-0.39, 0.29) is 11.4 Å². The lowest BCUT2D eigenvalue weighted by Crippen LogP contribution is -2.13. The monoisotopic (exact) mass is 294 g/mol. The second-order valence-electron chi connectivity index (χ2n) is 6.22. The SMILES string of the molecule is Cc1cccc(OC(=O)C=CC(C)(C)Cc2ccccc2)c1. The van der Waals surface area contributed by atoms with E-state index in [1.807, 2.05) is 49.4 Å². The van der Waals surface area contributed by atoms with Crippen molar-refractivity contribution in [1.82, 2.24) is 0 Å². The number of aryl methyl sites for hydroxylation is 1. The summed E-state index contributed by atoms with van der Waals surface area (Å²) in [6.45, 7) is 6.18. The fraction of sp³-hybridized carbons (Fsp3) is 0.250. The first-order valence-electron chi connectivity index (χ1n) is 7.46. The first-order chi connectivity index (χ1) is 10.4. The summed E-state index contributed by atoms with van der Waals surface area (Å²) >= 11 is 0. The fourth-order valence-electron chi connectivity index (χ4n) is 2.30. The third-order valence-corrected chi connectivity index (χ3v) is 3.38. The molecule has 0 aliphatic rings. The van der Waals surface area contributed by atoms with E-state index >= 15 is 0 Å². The van der Waals surface area contributed by atoms with Crippen LogP contribution in [-0.2, 0) is 11.2 Å². The number of hydrogen-bond acceptors (Lipinski definition) is 2. The second-order valence-corrected chi connectivity index (χ2v) is 6.22. The highest BCUT2D eigenvalue weighted by Crippen LogP contribution is 2.23. The highest BCUT2D eigenvalue weighted by atomic mass is 16.5. The minimum Gasteiger partial charge on any atom is -0.423 e. The minimum absolute atomic E-state index is 0.104. The third-order valence-electron chi connectivity index (χ3n) is 3.38. The summed E-state index contributed by atoms with van der Waals surface area (Å²) in [5.41, 5.74) is 2.22. The fourth-order valence-corrected chi connectivity index (χ4v) is 2.30. The molecule has 0 saturated heterocycles. The first kappa shape index (κ1) is 16.0. The molecule has 0 fully saturated rings. The minimum atomic E-state index is -0.341. The summed E-state index contributed by atoms with van der Waals surface area (Å²) in [5.74, 6) is 0.238. The molecule has 0 atom stereocenters. The molecule has 2 nitrogen and oxygen atoms in total. The quantitative estimate of drug-likeness (QED) is 0.453. The Morgan fingerprint density at radius 2 is 1.82 bits per heavy atom. The summed E-state index contributed by atoms with van der Waals surface area (Å²) in [6, 6.07) is 17.7. The average Bonchev–Trinajstić information content (AvgIpc) is 2.46. The molecule has 0 spiro atoms. The van der Waals surface area contributed by atoms with Gasteiger partial charge in [0, 0.05) is 6.08 Å². The number of hydrogen-bond donors (Lipinski definition) is 0. The topological polar surface area (TPSA) is 26.3 Å². The molecule has 0 amide bonds. The van der Waals surface area contributed by atoms with E-state index in [2.05, 4.69) is 26.0 Å². The van der Waals surface area contributed by atoms with Gasteiger partial charge in [0.2, 0.25) is 0 Å². The zero-order chi connectivity index (χ0) is 16.0. The van der Waals surface area contributed by atoms with Crippen molar-refractivity contribution in [3.05, 3.63) is 77.9 Å². The molecule has 2 rings (SSSR count). The number of carbonyl (C=O) groups excluding carboxylic acids is 1. The van der Waals surface area contributed by atoms with Gasteiger partial charge < -0.3 is 4.74 Å².